The summed E-state index contributed by atoms with van der Waals surface area (Å²) >= 11 is 0. The molecule has 2 aromatic carbocycles. The van der Waals surface area contributed by atoms with Crippen LogP contribution < -0.4 is 20.1 Å². The van der Waals surface area contributed by atoms with E-state index in [0.717, 1.165) is 24.4 Å². The van der Waals surface area contributed by atoms with Crippen LogP contribution in [0.3, 0.4) is 0 Å². The minimum atomic E-state index is 0.406. The van der Waals surface area contributed by atoms with E-state index >= 15 is 0 Å². The molecule has 1 aromatic heterocycles. The average Bonchev–Trinajstić information content (AvgIpc) is 2.69. The summed E-state index contributed by atoms with van der Waals surface area (Å²) in [5.74, 6) is 2.64. The van der Waals surface area contributed by atoms with E-state index < -0.39 is 0 Å². The molecular weight excluding hydrogens is 330 g/mol. The van der Waals surface area contributed by atoms with Gasteiger partial charge in [-0.3, -0.25) is 0 Å². The predicted molar refractivity (Wildman–Crippen MR) is 101 cm³/mol. The lowest BCUT2D eigenvalue weighted by Crippen LogP contribution is -2.09. The molecule has 2 N–H and O–H groups in total. The van der Waals surface area contributed by atoms with Crippen LogP contribution in [0.4, 0.5) is 17.5 Å². The van der Waals surface area contributed by atoms with Crippen molar-refractivity contribution in [3.8, 4) is 11.5 Å². The van der Waals surface area contributed by atoms with Crippen LogP contribution in [0.1, 0.15) is 5.56 Å². The maximum Gasteiger partial charge on any atom is 0.249 e. The number of methoxy groups -OCH3 is 2. The molecular formula is C19H21N5O2. The van der Waals surface area contributed by atoms with Gasteiger partial charge in [0.05, 0.1) is 26.1 Å². The molecule has 0 aliphatic heterocycles. The highest BCUT2D eigenvalue weighted by atomic mass is 16.5. The monoisotopic (exact) mass is 351 g/mol. The first-order chi connectivity index (χ1) is 12.8. The Morgan fingerprint density at radius 1 is 0.962 bits per heavy atom. The number of hydrogen-bond donors (Lipinski definition) is 2. The van der Waals surface area contributed by atoms with E-state index in [9.17, 15) is 0 Å². The second kappa shape index (κ2) is 8.66. The van der Waals surface area contributed by atoms with Crippen molar-refractivity contribution in [1.82, 2.24) is 15.2 Å². The van der Waals surface area contributed by atoms with Crippen molar-refractivity contribution in [2.75, 3.05) is 31.4 Å². The van der Waals surface area contributed by atoms with Gasteiger partial charge in [0.1, 0.15) is 11.5 Å². The predicted octanol–water partition coefficient (Wildman–Crippen LogP) is 3.29. The number of nitrogens with zero attached hydrogens (tertiary/aromatic N) is 3. The number of para-hydroxylation sites is 2. The van der Waals surface area contributed by atoms with Gasteiger partial charge < -0.3 is 20.1 Å². The fourth-order valence-corrected chi connectivity index (χ4v) is 2.44. The summed E-state index contributed by atoms with van der Waals surface area (Å²) in [4.78, 5) is 4.43. The lowest BCUT2D eigenvalue weighted by molar-refractivity contribution is 0.414. The Kier molecular flexibility index (Phi) is 5.82. The molecule has 0 spiro atoms. The van der Waals surface area contributed by atoms with Gasteiger partial charge in [-0.1, -0.05) is 24.3 Å². The molecule has 0 radical (unpaired) electrons. The van der Waals surface area contributed by atoms with E-state index in [4.69, 9.17) is 9.47 Å². The van der Waals surface area contributed by atoms with Crippen molar-refractivity contribution in [3.63, 3.8) is 0 Å². The molecule has 134 valence electrons. The van der Waals surface area contributed by atoms with Gasteiger partial charge in [-0.05, 0) is 36.2 Å². The summed E-state index contributed by atoms with van der Waals surface area (Å²) in [6.07, 6.45) is 2.46. The molecule has 0 saturated heterocycles. The minimum absolute atomic E-state index is 0.406. The Morgan fingerprint density at radius 3 is 2.54 bits per heavy atom. The van der Waals surface area contributed by atoms with Crippen LogP contribution in [0.5, 0.6) is 11.5 Å². The van der Waals surface area contributed by atoms with Crippen LogP contribution in [0.2, 0.25) is 0 Å². The van der Waals surface area contributed by atoms with Gasteiger partial charge in [0.2, 0.25) is 5.95 Å². The summed E-state index contributed by atoms with van der Waals surface area (Å²) in [6.45, 7) is 0.735. The highest BCUT2D eigenvalue weighted by molar-refractivity contribution is 5.62. The third kappa shape index (κ3) is 4.60. The molecule has 3 aromatic rings. The smallest absolute Gasteiger partial charge is 0.249 e. The Labute approximate surface area is 152 Å². The third-order valence-corrected chi connectivity index (χ3v) is 3.79. The molecule has 26 heavy (non-hydrogen) atoms. The van der Waals surface area contributed by atoms with Gasteiger partial charge in [-0.25, -0.2) is 0 Å². The standard InChI is InChI=1S/C19H21N5O2/c1-25-15-9-7-14(8-10-15)11-12-20-18-13-21-24-19(23-18)22-16-5-3-4-6-17(16)26-2/h3-10,13H,11-12H2,1-2H3,(H2,20,22,23,24). The number of hydrogen-bond acceptors (Lipinski definition) is 7. The summed E-state index contributed by atoms with van der Waals surface area (Å²) in [6, 6.07) is 15.6. The quantitative estimate of drug-likeness (QED) is 0.644. The van der Waals surface area contributed by atoms with E-state index in [1.807, 2.05) is 48.5 Å². The molecule has 3 rings (SSSR count). The SMILES string of the molecule is COc1ccc(CCNc2cnnc(Nc3ccccc3OC)n2)cc1. The first-order valence-electron chi connectivity index (χ1n) is 8.25. The Hall–Kier alpha value is -3.35. The second-order valence-corrected chi connectivity index (χ2v) is 5.52. The largest absolute Gasteiger partial charge is 0.497 e. The van der Waals surface area contributed by atoms with Gasteiger partial charge in [0.25, 0.3) is 0 Å². The van der Waals surface area contributed by atoms with E-state index in [-0.39, 0.29) is 0 Å². The molecule has 0 aliphatic carbocycles. The van der Waals surface area contributed by atoms with Crippen LogP contribution in [0.25, 0.3) is 0 Å². The highest BCUT2D eigenvalue weighted by Crippen LogP contribution is 2.25. The van der Waals surface area contributed by atoms with Crippen molar-refractivity contribution in [2.45, 2.75) is 6.42 Å². The summed E-state index contributed by atoms with van der Waals surface area (Å²) in [7, 11) is 3.28. The van der Waals surface area contributed by atoms with Gasteiger partial charge in [-0.2, -0.15) is 10.1 Å². The molecule has 0 aliphatic rings. The van der Waals surface area contributed by atoms with Crippen molar-refractivity contribution < 1.29 is 9.47 Å². The molecule has 0 atom stereocenters. The van der Waals surface area contributed by atoms with Crippen LogP contribution in [0, 0.1) is 0 Å². The Bertz CT molecular complexity index is 839. The lowest BCUT2D eigenvalue weighted by atomic mass is 10.1. The first-order valence-corrected chi connectivity index (χ1v) is 8.25. The van der Waals surface area contributed by atoms with Crippen LogP contribution >= 0.6 is 0 Å². The van der Waals surface area contributed by atoms with Crippen LogP contribution in [-0.2, 0) is 6.42 Å². The second-order valence-electron chi connectivity index (χ2n) is 5.52. The van der Waals surface area contributed by atoms with Crippen molar-refractivity contribution in [3.05, 3.63) is 60.3 Å². The zero-order valence-corrected chi connectivity index (χ0v) is 14.8. The third-order valence-electron chi connectivity index (χ3n) is 3.79. The molecule has 0 fully saturated rings. The number of benzene rings is 2. The van der Waals surface area contributed by atoms with E-state index in [1.54, 1.807) is 20.4 Å². The average molecular weight is 351 g/mol. The van der Waals surface area contributed by atoms with Gasteiger partial charge in [0, 0.05) is 6.54 Å². The van der Waals surface area contributed by atoms with Crippen LogP contribution in [-0.4, -0.2) is 35.9 Å². The van der Waals surface area contributed by atoms with Gasteiger partial charge in [0.15, 0.2) is 5.82 Å². The first kappa shape index (κ1) is 17.5. The number of rotatable bonds is 8. The summed E-state index contributed by atoms with van der Waals surface area (Å²) in [5, 5.41) is 14.4. The van der Waals surface area contributed by atoms with Crippen LogP contribution in [0.15, 0.2) is 54.7 Å². The molecule has 1 heterocycles. The topological polar surface area (TPSA) is 81.2 Å². The fraction of sp³-hybridized carbons (Fsp3) is 0.211. The lowest BCUT2D eigenvalue weighted by Gasteiger charge is -2.10. The van der Waals surface area contributed by atoms with Gasteiger partial charge >= 0.3 is 0 Å². The van der Waals surface area contributed by atoms with Crippen molar-refractivity contribution in [2.24, 2.45) is 0 Å². The zero-order chi connectivity index (χ0) is 18.2. The van der Waals surface area contributed by atoms with Gasteiger partial charge in [-0.15, -0.1) is 5.10 Å². The molecule has 0 bridgehead atoms. The minimum Gasteiger partial charge on any atom is -0.497 e. The van der Waals surface area contributed by atoms with E-state index in [2.05, 4.69) is 25.8 Å². The maximum atomic E-state index is 5.32. The number of aromatic nitrogens is 3. The van der Waals surface area contributed by atoms with E-state index in [1.165, 1.54) is 5.56 Å². The summed E-state index contributed by atoms with van der Waals surface area (Å²) < 4.78 is 10.5. The maximum absolute atomic E-state index is 5.32. The molecule has 0 unspecified atom stereocenters. The Balaban J connectivity index is 1.58. The zero-order valence-electron chi connectivity index (χ0n) is 14.8. The molecule has 7 nitrogen and oxygen atoms in total. The van der Waals surface area contributed by atoms with Crippen molar-refractivity contribution in [1.29, 1.82) is 0 Å². The molecule has 0 amide bonds. The fourth-order valence-electron chi connectivity index (χ4n) is 2.44. The molecule has 7 heteroatoms. The van der Waals surface area contributed by atoms with Crippen molar-refractivity contribution >= 4 is 17.5 Å². The number of nitrogens with one attached hydrogen (secondary N) is 2. The summed E-state index contributed by atoms with van der Waals surface area (Å²) in [5.41, 5.74) is 2.00. The highest BCUT2D eigenvalue weighted by Gasteiger charge is 2.05. The van der Waals surface area contributed by atoms with E-state index in [0.29, 0.717) is 17.5 Å². The number of anilines is 3. The Morgan fingerprint density at radius 2 is 1.77 bits per heavy atom. The number of ether oxygens (including phenoxy) is 2. The molecule has 0 saturated carbocycles. The normalized spacial score (nSPS) is 10.2.